The van der Waals surface area contributed by atoms with Crippen LogP contribution in [-0.4, -0.2) is 87.4 Å². The van der Waals surface area contributed by atoms with E-state index >= 15 is 0 Å². The van der Waals surface area contributed by atoms with Crippen LogP contribution in [0.5, 0.6) is 0 Å². The molecule has 0 saturated carbocycles. The average Bonchev–Trinajstić information content (AvgIpc) is 3.11. The van der Waals surface area contributed by atoms with Crippen LogP contribution in [0.25, 0.3) is 0 Å². The molecule has 0 fully saturated rings. The van der Waals surface area contributed by atoms with E-state index in [4.69, 9.17) is 18.9 Å². The zero-order valence-corrected chi connectivity index (χ0v) is 34.9. The van der Waals surface area contributed by atoms with E-state index in [1.165, 1.54) is 96.3 Å². The third kappa shape index (κ3) is 37.9. The summed E-state index contributed by atoms with van der Waals surface area (Å²) in [7, 11) is 5.95. The van der Waals surface area contributed by atoms with Gasteiger partial charge < -0.3 is 28.5 Å². The number of nitrogens with zero attached hydrogens (tertiary/aromatic N) is 1. The number of aliphatic carboxylic acids is 1. The number of carbonyl (C=O) groups is 3. The van der Waals surface area contributed by atoms with Gasteiger partial charge in [0.25, 0.3) is 6.29 Å². The van der Waals surface area contributed by atoms with Crippen molar-refractivity contribution >= 4 is 17.9 Å². The number of hydrogen-bond acceptors (Lipinski definition) is 7. The molecule has 0 aromatic rings. The molecular weight excluding hydrogens is 670 g/mol. The minimum absolute atomic E-state index is 0.182. The summed E-state index contributed by atoms with van der Waals surface area (Å²) in [4.78, 5) is 37.0. The minimum Gasteiger partial charge on any atom is -0.477 e. The van der Waals surface area contributed by atoms with Gasteiger partial charge in [-0.15, -0.1) is 0 Å². The van der Waals surface area contributed by atoms with Gasteiger partial charge in [-0.3, -0.25) is 9.59 Å². The second kappa shape index (κ2) is 36.7. The normalized spacial score (nSPS) is 13.2. The SMILES string of the molecule is CCCCC/C=C\C/C=C\CCCCCCCCCC(=O)OC(COC(=O)CCCCCCCCCCCCC)COC(OCC[N+](C)(C)C)C(=O)O. The molecule has 2 atom stereocenters. The van der Waals surface area contributed by atoms with Crippen molar-refractivity contribution in [3.63, 3.8) is 0 Å². The van der Waals surface area contributed by atoms with Crippen LogP contribution in [0.15, 0.2) is 24.3 Å². The summed E-state index contributed by atoms with van der Waals surface area (Å²) in [5.41, 5.74) is 0. The maximum Gasteiger partial charge on any atom is 0.361 e. The zero-order chi connectivity index (χ0) is 39.3. The number of allylic oxidation sites excluding steroid dienone is 4. The van der Waals surface area contributed by atoms with E-state index < -0.39 is 24.3 Å². The van der Waals surface area contributed by atoms with E-state index in [0.717, 1.165) is 51.4 Å². The smallest absolute Gasteiger partial charge is 0.361 e. The molecular formula is C44H82NO8+. The Morgan fingerprint density at radius 2 is 1.02 bits per heavy atom. The molecule has 0 aliphatic rings. The van der Waals surface area contributed by atoms with Crippen molar-refractivity contribution in [2.45, 2.75) is 193 Å². The van der Waals surface area contributed by atoms with E-state index in [9.17, 15) is 19.5 Å². The van der Waals surface area contributed by atoms with Crippen LogP contribution >= 0.6 is 0 Å². The highest BCUT2D eigenvalue weighted by atomic mass is 16.7. The maximum atomic E-state index is 12.7. The number of carboxylic acid groups (broad SMARTS) is 1. The highest BCUT2D eigenvalue weighted by Crippen LogP contribution is 2.14. The second-order valence-electron chi connectivity index (χ2n) is 15.7. The Labute approximate surface area is 325 Å². The first-order chi connectivity index (χ1) is 25.6. The van der Waals surface area contributed by atoms with Crippen molar-refractivity contribution in [3.05, 3.63) is 24.3 Å². The Morgan fingerprint density at radius 1 is 0.566 bits per heavy atom. The number of quaternary nitrogens is 1. The fraction of sp³-hybridized carbons (Fsp3) is 0.841. The molecule has 1 N–H and O–H groups in total. The summed E-state index contributed by atoms with van der Waals surface area (Å²) >= 11 is 0. The second-order valence-corrected chi connectivity index (χ2v) is 15.7. The van der Waals surface area contributed by atoms with Gasteiger partial charge in [0.15, 0.2) is 6.10 Å². The third-order valence-corrected chi connectivity index (χ3v) is 9.21. The molecule has 0 aliphatic heterocycles. The predicted octanol–water partition coefficient (Wildman–Crippen LogP) is 10.9. The number of hydrogen-bond donors (Lipinski definition) is 1. The summed E-state index contributed by atoms with van der Waals surface area (Å²) in [6.07, 6.45) is 35.1. The zero-order valence-electron chi connectivity index (χ0n) is 34.9. The maximum absolute atomic E-state index is 12.7. The van der Waals surface area contributed by atoms with Crippen LogP contribution in [0.4, 0.5) is 0 Å². The molecule has 0 rings (SSSR count). The number of rotatable bonds is 39. The van der Waals surface area contributed by atoms with Crippen LogP contribution in [-0.2, 0) is 33.3 Å². The Morgan fingerprint density at radius 3 is 1.53 bits per heavy atom. The number of unbranched alkanes of at least 4 members (excludes halogenated alkanes) is 20. The van der Waals surface area contributed by atoms with E-state index in [2.05, 4.69) is 38.2 Å². The third-order valence-electron chi connectivity index (χ3n) is 9.21. The summed E-state index contributed by atoms with van der Waals surface area (Å²) in [5, 5.41) is 9.61. The molecule has 0 radical (unpaired) electrons. The molecule has 9 heteroatoms. The van der Waals surface area contributed by atoms with Crippen molar-refractivity contribution in [2.75, 3.05) is 47.5 Å². The fourth-order valence-corrected chi connectivity index (χ4v) is 5.81. The van der Waals surface area contributed by atoms with Gasteiger partial charge in [-0.2, -0.15) is 0 Å². The van der Waals surface area contributed by atoms with Gasteiger partial charge in [0.1, 0.15) is 13.2 Å². The molecule has 0 aromatic carbocycles. The van der Waals surface area contributed by atoms with Crippen molar-refractivity contribution in [3.8, 4) is 0 Å². The number of likely N-dealkylation sites (N-methyl/N-ethyl adjacent to an activating group) is 1. The molecule has 0 saturated heterocycles. The first-order valence-electron chi connectivity index (χ1n) is 21.5. The molecule has 0 aliphatic carbocycles. The lowest BCUT2D eigenvalue weighted by Crippen LogP contribution is -2.40. The number of carbonyl (C=O) groups excluding carboxylic acids is 2. The Bertz CT molecular complexity index is 929. The predicted molar refractivity (Wildman–Crippen MR) is 217 cm³/mol. The van der Waals surface area contributed by atoms with Crippen LogP contribution in [0.2, 0.25) is 0 Å². The summed E-state index contributed by atoms with van der Waals surface area (Å²) in [6, 6.07) is 0. The molecule has 0 amide bonds. The van der Waals surface area contributed by atoms with Gasteiger partial charge >= 0.3 is 17.9 Å². The fourth-order valence-electron chi connectivity index (χ4n) is 5.81. The lowest BCUT2D eigenvalue weighted by Gasteiger charge is -2.25. The lowest BCUT2D eigenvalue weighted by molar-refractivity contribution is -0.870. The molecule has 2 unspecified atom stereocenters. The molecule has 0 aromatic heterocycles. The average molecular weight is 753 g/mol. The van der Waals surface area contributed by atoms with Crippen LogP contribution in [0.3, 0.4) is 0 Å². The van der Waals surface area contributed by atoms with Gasteiger partial charge in [0, 0.05) is 12.8 Å². The summed E-state index contributed by atoms with van der Waals surface area (Å²) < 4.78 is 22.7. The molecule has 0 bridgehead atoms. The molecule has 9 nitrogen and oxygen atoms in total. The van der Waals surface area contributed by atoms with Gasteiger partial charge in [0.2, 0.25) is 0 Å². The van der Waals surface area contributed by atoms with E-state index in [-0.39, 0.29) is 32.2 Å². The number of ether oxygens (including phenoxy) is 4. The van der Waals surface area contributed by atoms with Crippen molar-refractivity contribution in [1.29, 1.82) is 0 Å². The monoisotopic (exact) mass is 753 g/mol. The Balaban J connectivity index is 4.46. The van der Waals surface area contributed by atoms with E-state index in [0.29, 0.717) is 23.9 Å². The molecule has 0 heterocycles. The van der Waals surface area contributed by atoms with Crippen LogP contribution < -0.4 is 0 Å². The first kappa shape index (κ1) is 50.8. The minimum atomic E-state index is -1.51. The first-order valence-corrected chi connectivity index (χ1v) is 21.5. The number of carboxylic acids is 1. The summed E-state index contributed by atoms with van der Waals surface area (Å²) in [5.74, 6) is -2.01. The molecule has 53 heavy (non-hydrogen) atoms. The largest absolute Gasteiger partial charge is 0.477 e. The highest BCUT2D eigenvalue weighted by Gasteiger charge is 2.25. The van der Waals surface area contributed by atoms with Crippen molar-refractivity contribution in [1.82, 2.24) is 0 Å². The highest BCUT2D eigenvalue weighted by molar-refractivity contribution is 5.71. The molecule has 310 valence electrons. The topological polar surface area (TPSA) is 108 Å². The van der Waals surface area contributed by atoms with Gasteiger partial charge in [0.05, 0.1) is 34.4 Å². The van der Waals surface area contributed by atoms with Gasteiger partial charge in [-0.25, -0.2) is 4.79 Å². The Hall–Kier alpha value is -2.23. The summed E-state index contributed by atoms with van der Waals surface area (Å²) in [6.45, 7) is 4.82. The quantitative estimate of drug-likeness (QED) is 0.0217. The molecule has 0 spiro atoms. The van der Waals surface area contributed by atoms with Crippen LogP contribution in [0, 0.1) is 0 Å². The van der Waals surface area contributed by atoms with E-state index in [1.54, 1.807) is 0 Å². The number of esters is 2. The lowest BCUT2D eigenvalue weighted by atomic mass is 10.1. The van der Waals surface area contributed by atoms with Gasteiger partial charge in [-0.1, -0.05) is 147 Å². The van der Waals surface area contributed by atoms with Crippen molar-refractivity contribution < 1.29 is 42.9 Å². The van der Waals surface area contributed by atoms with Crippen LogP contribution in [0.1, 0.15) is 181 Å². The standard InChI is InChI=1S/C44H81NO8/c1-6-8-10-12-14-16-18-19-20-21-22-23-25-27-29-31-33-35-42(47)53-40(39-52-44(43(48)49)50-37-36-45(3,4)5)38-51-41(46)34-32-30-28-26-24-17-15-13-11-9-7-2/h14,16,19-20,40,44H,6-13,15,17-18,21-39H2,1-5H3/p+1/b16-14-,20-19-. The van der Waals surface area contributed by atoms with Crippen molar-refractivity contribution in [2.24, 2.45) is 0 Å². The van der Waals surface area contributed by atoms with E-state index in [1.807, 2.05) is 21.1 Å². The Kier molecular flexibility index (Phi) is 35.2. The van der Waals surface area contributed by atoms with Gasteiger partial charge in [-0.05, 0) is 44.9 Å².